The Morgan fingerprint density at radius 3 is 2.84 bits per heavy atom. The summed E-state index contributed by atoms with van der Waals surface area (Å²) in [6, 6.07) is 8.51. The highest BCUT2D eigenvalue weighted by Gasteiger charge is 2.28. The highest BCUT2D eigenvalue weighted by molar-refractivity contribution is 8.13. The zero-order chi connectivity index (χ0) is 22.5. The lowest BCUT2D eigenvalue weighted by Gasteiger charge is -2.28. The quantitative estimate of drug-likeness (QED) is 0.616. The van der Waals surface area contributed by atoms with E-state index in [-0.39, 0.29) is 12.8 Å². The fourth-order valence-corrected chi connectivity index (χ4v) is 4.48. The van der Waals surface area contributed by atoms with Crippen LogP contribution >= 0.6 is 11.8 Å². The number of aliphatic hydroxyl groups is 1. The van der Waals surface area contributed by atoms with Gasteiger partial charge >= 0.3 is 0 Å². The van der Waals surface area contributed by atoms with Gasteiger partial charge in [0, 0.05) is 47.5 Å². The van der Waals surface area contributed by atoms with E-state index in [1.165, 1.54) is 0 Å². The summed E-state index contributed by atoms with van der Waals surface area (Å²) in [6.07, 6.45) is 7.94. The number of rotatable bonds is 3. The molecule has 4 heterocycles. The molecule has 1 atom stereocenters. The van der Waals surface area contributed by atoms with Gasteiger partial charge in [0.25, 0.3) is 0 Å². The minimum Gasteiger partial charge on any atom is -0.397 e. The molecule has 0 aliphatic carbocycles. The van der Waals surface area contributed by atoms with Gasteiger partial charge in [-0.05, 0) is 56.0 Å². The van der Waals surface area contributed by atoms with Crippen LogP contribution in [-0.2, 0) is 4.74 Å². The smallest absolute Gasteiger partial charge is 0.193 e. The lowest BCUT2D eigenvalue weighted by molar-refractivity contribution is 0.122. The van der Waals surface area contributed by atoms with Gasteiger partial charge < -0.3 is 20.2 Å². The number of ether oxygens (including phenoxy) is 1. The van der Waals surface area contributed by atoms with Crippen LogP contribution < -0.4 is 10.3 Å². The maximum atomic E-state index is 7.89. The van der Waals surface area contributed by atoms with Crippen LogP contribution in [0.3, 0.4) is 0 Å². The van der Waals surface area contributed by atoms with Crippen LogP contribution in [0.2, 0.25) is 0 Å². The maximum absolute atomic E-state index is 7.89. The predicted molar refractivity (Wildman–Crippen MR) is 130 cm³/mol. The van der Waals surface area contributed by atoms with Gasteiger partial charge in [0.05, 0.1) is 30.6 Å². The molecule has 1 fully saturated rings. The van der Waals surface area contributed by atoms with Crippen molar-refractivity contribution in [3.8, 4) is 0 Å². The minimum absolute atomic E-state index is 0.00986. The van der Waals surface area contributed by atoms with Gasteiger partial charge in [0.1, 0.15) is 6.17 Å². The van der Waals surface area contributed by atoms with Crippen LogP contribution in [0.15, 0.2) is 64.4 Å². The van der Waals surface area contributed by atoms with E-state index in [1.54, 1.807) is 25.6 Å². The molecule has 0 bridgehead atoms. The van der Waals surface area contributed by atoms with Crippen molar-refractivity contribution in [2.24, 2.45) is 5.10 Å². The first-order chi connectivity index (χ1) is 15.6. The molecule has 2 aromatic rings. The first-order valence-electron chi connectivity index (χ1n) is 10.7. The van der Waals surface area contributed by atoms with E-state index in [2.05, 4.69) is 49.6 Å². The van der Waals surface area contributed by atoms with Crippen LogP contribution in [0.5, 0.6) is 0 Å². The minimum atomic E-state index is 0.00986. The molecular formula is C23H28N6O2S. The highest BCUT2D eigenvalue weighted by Crippen LogP contribution is 2.31. The van der Waals surface area contributed by atoms with E-state index in [0.29, 0.717) is 5.71 Å². The Morgan fingerprint density at radius 2 is 2.09 bits per heavy atom. The molecule has 0 amide bonds. The van der Waals surface area contributed by atoms with Crippen molar-refractivity contribution in [2.45, 2.75) is 24.9 Å². The number of benzene rings is 1. The van der Waals surface area contributed by atoms with Gasteiger partial charge in [-0.25, -0.2) is 0 Å². The second-order valence-corrected chi connectivity index (χ2v) is 8.55. The Balaban J connectivity index is 0.000000775. The predicted octanol–water partition coefficient (Wildman–Crippen LogP) is 3.16. The number of pyridine rings is 1. The van der Waals surface area contributed by atoms with Gasteiger partial charge in [0.15, 0.2) is 5.17 Å². The molecule has 9 heteroatoms. The Labute approximate surface area is 192 Å². The van der Waals surface area contributed by atoms with Crippen molar-refractivity contribution < 1.29 is 9.84 Å². The second-order valence-electron chi connectivity index (χ2n) is 7.51. The molecule has 1 saturated heterocycles. The number of hydrogen-bond donors (Lipinski definition) is 3. The molecule has 168 valence electrons. The highest BCUT2D eigenvalue weighted by atomic mass is 32.2. The number of nitrogens with zero attached hydrogens (tertiary/aromatic N) is 4. The Bertz CT molecular complexity index is 1080. The summed E-state index contributed by atoms with van der Waals surface area (Å²) in [5.41, 5.74) is 6.70. The largest absolute Gasteiger partial charge is 0.397 e. The SMILES string of the molecule is CC(=N)C1=CN2C(Sc3ccc4ncc(N5CCOCC5)cc4c3)=NNC2C=C1.CCO. The normalized spacial score (nSPS) is 19.5. The second kappa shape index (κ2) is 10.2. The molecule has 3 N–H and O–H groups in total. The molecule has 0 radical (unpaired) electrons. The summed E-state index contributed by atoms with van der Waals surface area (Å²) in [5.74, 6) is 0. The molecule has 32 heavy (non-hydrogen) atoms. The Kier molecular flexibility index (Phi) is 7.09. The van der Waals surface area contributed by atoms with E-state index < -0.39 is 0 Å². The number of fused-ring (bicyclic) bond motifs is 2. The average Bonchev–Trinajstić information content (AvgIpc) is 3.21. The zero-order valence-corrected chi connectivity index (χ0v) is 19.1. The van der Waals surface area contributed by atoms with Crippen molar-refractivity contribution >= 4 is 39.2 Å². The molecule has 1 aromatic carbocycles. The van der Waals surface area contributed by atoms with E-state index in [4.69, 9.17) is 15.3 Å². The number of nitrogens with one attached hydrogen (secondary N) is 2. The summed E-state index contributed by atoms with van der Waals surface area (Å²) in [6.45, 7) is 7.05. The number of hydrogen-bond acceptors (Lipinski definition) is 9. The number of hydrazone groups is 1. The molecule has 8 nitrogen and oxygen atoms in total. The van der Waals surface area contributed by atoms with Crippen molar-refractivity contribution in [3.63, 3.8) is 0 Å². The molecular weight excluding hydrogens is 424 g/mol. The van der Waals surface area contributed by atoms with E-state index in [1.807, 2.05) is 24.5 Å². The molecule has 3 aliphatic heterocycles. The van der Waals surface area contributed by atoms with Gasteiger partial charge in [0.2, 0.25) is 0 Å². The van der Waals surface area contributed by atoms with Gasteiger partial charge in [-0.1, -0.05) is 6.08 Å². The summed E-state index contributed by atoms with van der Waals surface area (Å²) in [5, 5.41) is 21.9. The topological polar surface area (TPSA) is 97.1 Å². The lowest BCUT2D eigenvalue weighted by atomic mass is 10.1. The number of anilines is 1. The third-order valence-electron chi connectivity index (χ3n) is 5.21. The molecule has 0 spiro atoms. The monoisotopic (exact) mass is 452 g/mol. The van der Waals surface area contributed by atoms with E-state index in [9.17, 15) is 0 Å². The van der Waals surface area contributed by atoms with Gasteiger partial charge in [-0.3, -0.25) is 15.3 Å². The number of allylic oxidation sites excluding steroid dienone is 2. The fraction of sp³-hybridized carbons (Fsp3) is 0.348. The third kappa shape index (κ3) is 4.95. The fourth-order valence-electron chi connectivity index (χ4n) is 3.58. The standard InChI is InChI=1S/C21H22N6OS.C2H6O/c1-14(22)15-2-5-20-24-25-21(27(20)13-15)29-18-3-4-19-16(11-18)10-17(12-23-19)26-6-8-28-9-7-26;1-2-3/h2-5,10-13,20,22,24H,6-9H2,1H3;3H,2H2,1H3. The molecule has 3 aliphatic rings. The summed E-state index contributed by atoms with van der Waals surface area (Å²) in [7, 11) is 0. The van der Waals surface area contributed by atoms with Crippen molar-refractivity contribution in [3.05, 3.63) is 54.4 Å². The maximum Gasteiger partial charge on any atom is 0.193 e. The number of thioether (sulfide) groups is 1. The van der Waals surface area contributed by atoms with Crippen molar-refractivity contribution in [1.82, 2.24) is 15.3 Å². The van der Waals surface area contributed by atoms with Crippen LogP contribution in [-0.4, -0.2) is 64.9 Å². The first-order valence-corrected chi connectivity index (χ1v) is 11.5. The Morgan fingerprint density at radius 1 is 1.31 bits per heavy atom. The number of aliphatic hydroxyl groups excluding tert-OH is 1. The number of morpholine rings is 1. The summed E-state index contributed by atoms with van der Waals surface area (Å²) < 4.78 is 5.46. The molecule has 0 saturated carbocycles. The van der Waals surface area contributed by atoms with E-state index in [0.717, 1.165) is 58.5 Å². The van der Waals surface area contributed by atoms with Crippen molar-refractivity contribution in [2.75, 3.05) is 37.8 Å². The summed E-state index contributed by atoms with van der Waals surface area (Å²) >= 11 is 1.61. The van der Waals surface area contributed by atoms with E-state index >= 15 is 0 Å². The van der Waals surface area contributed by atoms with Crippen LogP contribution in [0.1, 0.15) is 13.8 Å². The zero-order valence-electron chi connectivity index (χ0n) is 18.3. The number of aromatic nitrogens is 1. The van der Waals surface area contributed by atoms with Gasteiger partial charge in [-0.15, -0.1) is 0 Å². The average molecular weight is 453 g/mol. The summed E-state index contributed by atoms with van der Waals surface area (Å²) in [4.78, 5) is 10.1. The first kappa shape index (κ1) is 22.3. The van der Waals surface area contributed by atoms with Crippen LogP contribution in [0, 0.1) is 5.41 Å². The lowest BCUT2D eigenvalue weighted by Crippen LogP contribution is -2.36. The van der Waals surface area contributed by atoms with Crippen LogP contribution in [0.4, 0.5) is 5.69 Å². The number of amidine groups is 1. The van der Waals surface area contributed by atoms with Crippen molar-refractivity contribution in [1.29, 1.82) is 5.41 Å². The van der Waals surface area contributed by atoms with Crippen LogP contribution in [0.25, 0.3) is 10.9 Å². The molecule has 5 rings (SSSR count). The van der Waals surface area contributed by atoms with Gasteiger partial charge in [-0.2, -0.15) is 5.10 Å². The molecule has 1 aromatic heterocycles. The molecule has 1 unspecified atom stereocenters. The Hall–Kier alpha value is -2.88. The third-order valence-corrected chi connectivity index (χ3v) is 6.18.